The molecule has 0 fully saturated rings. The predicted molar refractivity (Wildman–Crippen MR) is 156 cm³/mol. The van der Waals surface area contributed by atoms with Gasteiger partial charge in [-0.25, -0.2) is 4.79 Å². The Labute approximate surface area is 232 Å². The van der Waals surface area contributed by atoms with Gasteiger partial charge in [-0.3, -0.25) is 4.98 Å². The lowest BCUT2D eigenvalue weighted by Crippen LogP contribution is -2.33. The van der Waals surface area contributed by atoms with Gasteiger partial charge in [0.2, 0.25) is 5.60 Å². The number of pyridine rings is 1. The van der Waals surface area contributed by atoms with Gasteiger partial charge in [-0.05, 0) is 77.4 Å². The molecule has 1 aliphatic heterocycles. The number of benzene rings is 2. The van der Waals surface area contributed by atoms with Crippen LogP contribution in [0.5, 0.6) is 11.5 Å². The van der Waals surface area contributed by atoms with Crippen LogP contribution in [0, 0.1) is 0 Å². The lowest BCUT2D eigenvalue weighted by molar-refractivity contribution is 0.0228. The molecule has 4 rings (SSSR count). The number of fused-ring (bicyclic) bond motifs is 1. The van der Waals surface area contributed by atoms with Crippen molar-refractivity contribution in [3.8, 4) is 11.5 Å². The molecular formula is C32H41N3O4. The van der Waals surface area contributed by atoms with E-state index < -0.39 is 11.6 Å². The van der Waals surface area contributed by atoms with Gasteiger partial charge in [0.1, 0.15) is 17.2 Å². The van der Waals surface area contributed by atoms with E-state index in [0.717, 1.165) is 17.8 Å². The van der Waals surface area contributed by atoms with Gasteiger partial charge >= 0.3 is 5.97 Å². The molecule has 0 bridgehead atoms. The molecule has 7 heteroatoms. The summed E-state index contributed by atoms with van der Waals surface area (Å²) in [5.41, 5.74) is 3.08. The minimum atomic E-state index is -1.34. The third-order valence-corrected chi connectivity index (χ3v) is 7.74. The Morgan fingerprint density at radius 3 is 1.95 bits per heavy atom. The summed E-state index contributed by atoms with van der Waals surface area (Å²) in [6.45, 7) is 13.5. The van der Waals surface area contributed by atoms with Gasteiger partial charge < -0.3 is 24.0 Å². The third kappa shape index (κ3) is 5.02. The number of anilines is 2. The van der Waals surface area contributed by atoms with E-state index in [1.165, 1.54) is 0 Å². The topological polar surface area (TPSA) is 64.1 Å². The number of hydrogen-bond donors (Lipinski definition) is 0. The summed E-state index contributed by atoms with van der Waals surface area (Å²) in [6.07, 6.45) is 2.71. The summed E-state index contributed by atoms with van der Waals surface area (Å²) in [7, 11) is 4.13. The number of carbonyl (C=O) groups is 1. The molecule has 208 valence electrons. The lowest BCUT2D eigenvalue weighted by atomic mass is 9.81. The average molecular weight is 532 g/mol. The summed E-state index contributed by atoms with van der Waals surface area (Å²) in [4.78, 5) is 22.5. The van der Waals surface area contributed by atoms with E-state index in [-0.39, 0.29) is 0 Å². The van der Waals surface area contributed by atoms with Gasteiger partial charge in [-0.1, -0.05) is 6.92 Å². The molecule has 2 atom stereocenters. The molecule has 1 aliphatic rings. The van der Waals surface area contributed by atoms with Crippen LogP contribution in [0.15, 0.2) is 54.7 Å². The van der Waals surface area contributed by atoms with Crippen LogP contribution < -0.4 is 19.3 Å². The molecule has 0 amide bonds. The van der Waals surface area contributed by atoms with Crippen molar-refractivity contribution in [1.29, 1.82) is 0 Å². The Hall–Kier alpha value is -3.74. The van der Waals surface area contributed by atoms with E-state index in [2.05, 4.69) is 57.7 Å². The average Bonchev–Trinajstić information content (AvgIpc) is 3.24. The standard InChI is InChI=1S/C32H41N3O4/c1-9-22(6)35(8)24-15-17-27(29(20-24)38-11-3)32(30-25(31(36)39-32)13-12-18-33-30)26-16-14-23(34(7)21(4)5)19-28(26)37-10-2/h12-22H,9-11H2,1-8H3. The highest BCUT2D eigenvalue weighted by atomic mass is 16.6. The first kappa shape index (κ1) is 28.3. The Bertz CT molecular complexity index is 1320. The third-order valence-electron chi connectivity index (χ3n) is 7.74. The van der Waals surface area contributed by atoms with Crippen LogP contribution in [0.2, 0.25) is 0 Å². The van der Waals surface area contributed by atoms with Crippen LogP contribution >= 0.6 is 0 Å². The molecule has 2 heterocycles. The molecule has 3 aromatic rings. The van der Waals surface area contributed by atoms with E-state index in [4.69, 9.17) is 19.2 Å². The SMILES string of the molecule is CCOc1cc(N(C)C(C)C)ccc1C1(c2ccc(N(C)C(C)CC)cc2OCC)OC(=O)c2cccnc21. The molecule has 7 nitrogen and oxygen atoms in total. The maximum Gasteiger partial charge on any atom is 0.341 e. The van der Waals surface area contributed by atoms with Gasteiger partial charge in [0.25, 0.3) is 0 Å². The Kier molecular flexibility index (Phi) is 8.38. The number of rotatable bonds is 11. The first-order valence-electron chi connectivity index (χ1n) is 13.9. The minimum absolute atomic E-state index is 0.297. The van der Waals surface area contributed by atoms with Crippen molar-refractivity contribution in [1.82, 2.24) is 4.98 Å². The van der Waals surface area contributed by atoms with Gasteiger partial charge in [0.05, 0.1) is 18.8 Å². The summed E-state index contributed by atoms with van der Waals surface area (Å²) in [5.74, 6) is 0.853. The maximum atomic E-state index is 13.4. The molecule has 0 radical (unpaired) electrons. The Balaban J connectivity index is 2.03. The monoisotopic (exact) mass is 531 g/mol. The number of hydrogen-bond acceptors (Lipinski definition) is 7. The van der Waals surface area contributed by atoms with Crippen LogP contribution in [0.1, 0.15) is 75.1 Å². The summed E-state index contributed by atoms with van der Waals surface area (Å²) >= 11 is 0. The van der Waals surface area contributed by atoms with E-state index in [9.17, 15) is 4.79 Å². The van der Waals surface area contributed by atoms with Crippen molar-refractivity contribution in [2.45, 2.75) is 65.6 Å². The van der Waals surface area contributed by atoms with Gasteiger partial charge in [0, 0.05) is 67.0 Å². The molecular weight excluding hydrogens is 490 g/mol. The second-order valence-corrected chi connectivity index (χ2v) is 10.3. The molecule has 39 heavy (non-hydrogen) atoms. The number of aromatic nitrogens is 1. The highest BCUT2D eigenvalue weighted by molar-refractivity contribution is 5.96. The van der Waals surface area contributed by atoms with Crippen LogP contribution in [-0.2, 0) is 10.3 Å². The maximum absolute atomic E-state index is 13.4. The molecule has 0 N–H and O–H groups in total. The van der Waals surface area contributed by atoms with E-state index in [1.54, 1.807) is 18.3 Å². The number of esters is 1. The summed E-state index contributed by atoms with van der Waals surface area (Å²) < 4.78 is 18.9. The highest BCUT2D eigenvalue weighted by Crippen LogP contribution is 2.52. The van der Waals surface area contributed by atoms with Gasteiger partial charge in [0.15, 0.2) is 0 Å². The van der Waals surface area contributed by atoms with Crippen molar-refractivity contribution in [2.24, 2.45) is 0 Å². The van der Waals surface area contributed by atoms with Gasteiger partial charge in [-0.15, -0.1) is 0 Å². The Morgan fingerprint density at radius 1 is 0.872 bits per heavy atom. The molecule has 0 saturated carbocycles. The van der Waals surface area contributed by atoms with Crippen LogP contribution in [0.4, 0.5) is 11.4 Å². The van der Waals surface area contributed by atoms with Crippen LogP contribution in [-0.4, -0.2) is 50.3 Å². The van der Waals surface area contributed by atoms with Crippen LogP contribution in [0.25, 0.3) is 0 Å². The first-order valence-corrected chi connectivity index (χ1v) is 13.9. The zero-order valence-electron chi connectivity index (χ0n) is 24.4. The fourth-order valence-corrected chi connectivity index (χ4v) is 5.02. The second kappa shape index (κ2) is 11.6. The summed E-state index contributed by atoms with van der Waals surface area (Å²) in [6, 6.07) is 16.3. The number of nitrogens with zero attached hydrogens (tertiary/aromatic N) is 3. The fraction of sp³-hybridized carbons (Fsp3) is 0.438. The summed E-state index contributed by atoms with van der Waals surface area (Å²) in [5, 5.41) is 0. The highest BCUT2D eigenvalue weighted by Gasteiger charge is 2.53. The predicted octanol–water partition coefficient (Wildman–Crippen LogP) is 6.42. The van der Waals surface area contributed by atoms with Crippen LogP contribution in [0.3, 0.4) is 0 Å². The largest absolute Gasteiger partial charge is 0.493 e. The fourth-order valence-electron chi connectivity index (χ4n) is 5.02. The molecule has 0 saturated heterocycles. The minimum Gasteiger partial charge on any atom is -0.493 e. The van der Waals surface area contributed by atoms with E-state index in [1.807, 2.05) is 44.2 Å². The zero-order valence-corrected chi connectivity index (χ0v) is 24.4. The zero-order chi connectivity index (χ0) is 28.3. The number of cyclic esters (lactones) is 1. The molecule has 0 aliphatic carbocycles. The normalized spacial score (nSPS) is 17.0. The molecule has 0 spiro atoms. The van der Waals surface area contributed by atoms with Crippen molar-refractivity contribution in [3.05, 3.63) is 77.1 Å². The molecule has 1 aromatic heterocycles. The lowest BCUT2D eigenvalue weighted by Gasteiger charge is -2.34. The smallest absolute Gasteiger partial charge is 0.341 e. The quantitative estimate of drug-likeness (QED) is 0.265. The number of ether oxygens (including phenoxy) is 3. The Morgan fingerprint density at radius 2 is 1.44 bits per heavy atom. The number of carbonyl (C=O) groups excluding carboxylic acids is 1. The van der Waals surface area contributed by atoms with E-state index in [0.29, 0.717) is 59.2 Å². The first-order chi connectivity index (χ1) is 18.7. The second-order valence-electron chi connectivity index (χ2n) is 10.3. The van der Waals surface area contributed by atoms with E-state index >= 15 is 0 Å². The van der Waals surface area contributed by atoms with Crippen molar-refractivity contribution >= 4 is 17.3 Å². The van der Waals surface area contributed by atoms with Gasteiger partial charge in [-0.2, -0.15) is 0 Å². The molecule has 2 aromatic carbocycles. The van der Waals surface area contributed by atoms with Crippen molar-refractivity contribution < 1.29 is 19.0 Å². The van der Waals surface area contributed by atoms with Crippen molar-refractivity contribution in [3.63, 3.8) is 0 Å². The van der Waals surface area contributed by atoms with Crippen molar-refractivity contribution in [2.75, 3.05) is 37.1 Å². The molecule has 2 unspecified atom stereocenters.